The van der Waals surface area contributed by atoms with Crippen LogP contribution in [0.3, 0.4) is 0 Å². The highest BCUT2D eigenvalue weighted by Gasteiger charge is 2.29. The fourth-order valence-corrected chi connectivity index (χ4v) is 5.68. The molecule has 5 nitrogen and oxygen atoms in total. The zero-order valence-corrected chi connectivity index (χ0v) is 18.2. The molecule has 0 radical (unpaired) electrons. The molecule has 0 aliphatic carbocycles. The number of nitrogens with zero attached hydrogens (tertiary/aromatic N) is 3. The van der Waals surface area contributed by atoms with Gasteiger partial charge >= 0.3 is 0 Å². The van der Waals surface area contributed by atoms with Crippen LogP contribution in [0.2, 0.25) is 10.0 Å². The van der Waals surface area contributed by atoms with Crippen molar-refractivity contribution in [1.29, 1.82) is 0 Å². The van der Waals surface area contributed by atoms with Gasteiger partial charge in [-0.05, 0) is 36.4 Å². The molecule has 1 fully saturated rings. The summed E-state index contributed by atoms with van der Waals surface area (Å²) in [5, 5.41) is 3.73. The Morgan fingerprint density at radius 2 is 1.66 bits per heavy atom. The lowest BCUT2D eigenvalue weighted by Gasteiger charge is -2.33. The van der Waals surface area contributed by atoms with E-state index >= 15 is 0 Å². The summed E-state index contributed by atoms with van der Waals surface area (Å²) in [5.74, 6) is -0.463. The van der Waals surface area contributed by atoms with Crippen molar-refractivity contribution < 1.29 is 12.8 Å². The molecule has 0 spiro atoms. The van der Waals surface area contributed by atoms with Gasteiger partial charge in [0, 0.05) is 37.1 Å². The topological polar surface area (TPSA) is 53.5 Å². The molecule has 2 heterocycles. The highest BCUT2D eigenvalue weighted by atomic mass is 35.5. The first-order valence-corrected chi connectivity index (χ1v) is 11.8. The van der Waals surface area contributed by atoms with E-state index in [1.54, 1.807) is 12.1 Å². The summed E-state index contributed by atoms with van der Waals surface area (Å²) < 4.78 is 40.0. The van der Waals surface area contributed by atoms with Crippen LogP contribution in [0.1, 0.15) is 0 Å². The van der Waals surface area contributed by atoms with Gasteiger partial charge in [-0.3, -0.25) is 0 Å². The number of hydrogen-bond donors (Lipinski definition) is 0. The predicted molar refractivity (Wildman–Crippen MR) is 115 cm³/mol. The summed E-state index contributed by atoms with van der Waals surface area (Å²) in [6, 6.07) is 10.3. The van der Waals surface area contributed by atoms with Gasteiger partial charge in [0.2, 0.25) is 10.0 Å². The van der Waals surface area contributed by atoms with Crippen molar-refractivity contribution in [1.82, 2.24) is 9.29 Å². The Balaban J connectivity index is 1.45. The average molecular weight is 472 g/mol. The lowest BCUT2D eigenvalue weighted by Crippen LogP contribution is -2.48. The highest BCUT2D eigenvalue weighted by Crippen LogP contribution is 2.32. The zero-order valence-electron chi connectivity index (χ0n) is 15.1. The van der Waals surface area contributed by atoms with Crippen molar-refractivity contribution in [3.8, 4) is 11.3 Å². The van der Waals surface area contributed by atoms with Crippen LogP contribution >= 0.6 is 34.5 Å². The molecule has 10 heteroatoms. The second-order valence-corrected chi connectivity index (χ2v) is 10.1. The third-order valence-corrected chi connectivity index (χ3v) is 8.22. The van der Waals surface area contributed by atoms with E-state index in [4.69, 9.17) is 23.2 Å². The summed E-state index contributed by atoms with van der Waals surface area (Å²) in [6.07, 6.45) is 0. The number of hydrogen-bond acceptors (Lipinski definition) is 5. The summed E-state index contributed by atoms with van der Waals surface area (Å²) >= 11 is 13.6. The predicted octanol–water partition coefficient (Wildman–Crippen LogP) is 4.77. The van der Waals surface area contributed by atoms with Gasteiger partial charge in [0.05, 0.1) is 20.6 Å². The second kappa shape index (κ2) is 8.20. The SMILES string of the molecule is O=S(=O)(c1ccc(F)cc1)N1CCN(c2nc(-c3ccc(Cl)c(Cl)c3)cs2)CC1. The van der Waals surface area contributed by atoms with Crippen LogP contribution < -0.4 is 4.90 Å². The fourth-order valence-electron chi connectivity index (χ4n) is 3.07. The molecule has 0 bridgehead atoms. The molecule has 0 saturated carbocycles. The monoisotopic (exact) mass is 471 g/mol. The number of anilines is 1. The van der Waals surface area contributed by atoms with Gasteiger partial charge in [0.15, 0.2) is 5.13 Å². The molecule has 29 heavy (non-hydrogen) atoms. The Morgan fingerprint density at radius 3 is 2.31 bits per heavy atom. The number of aromatic nitrogens is 1. The van der Waals surface area contributed by atoms with Crippen LogP contribution in [-0.4, -0.2) is 43.9 Å². The second-order valence-electron chi connectivity index (χ2n) is 6.49. The molecular formula is C19H16Cl2FN3O2S2. The molecule has 0 amide bonds. The Bertz CT molecular complexity index is 1130. The molecule has 2 aromatic carbocycles. The van der Waals surface area contributed by atoms with E-state index in [0.29, 0.717) is 36.2 Å². The summed E-state index contributed by atoms with van der Waals surface area (Å²) in [5.41, 5.74) is 1.67. The minimum absolute atomic E-state index is 0.100. The normalized spacial score (nSPS) is 15.6. The van der Waals surface area contributed by atoms with Gasteiger partial charge in [0.25, 0.3) is 0 Å². The molecule has 1 aromatic heterocycles. The molecule has 1 aliphatic rings. The quantitative estimate of drug-likeness (QED) is 0.549. The number of piperazine rings is 1. The molecule has 0 atom stereocenters. The van der Waals surface area contributed by atoms with E-state index in [9.17, 15) is 12.8 Å². The van der Waals surface area contributed by atoms with Crippen LogP contribution in [0.5, 0.6) is 0 Å². The van der Waals surface area contributed by atoms with Crippen molar-refractivity contribution in [3.05, 3.63) is 63.7 Å². The van der Waals surface area contributed by atoms with E-state index in [1.165, 1.54) is 27.8 Å². The standard InChI is InChI=1S/C19H16Cl2FN3O2S2/c20-16-6-1-13(11-17(16)21)18-12-28-19(23-18)24-7-9-25(10-8-24)29(26,27)15-4-2-14(22)3-5-15/h1-6,11-12H,7-10H2. The minimum atomic E-state index is -3.64. The first kappa shape index (κ1) is 20.6. The summed E-state index contributed by atoms with van der Waals surface area (Å²) in [6.45, 7) is 1.71. The van der Waals surface area contributed by atoms with E-state index in [2.05, 4.69) is 9.88 Å². The van der Waals surface area contributed by atoms with Crippen LogP contribution in [0.4, 0.5) is 9.52 Å². The first-order valence-electron chi connectivity index (χ1n) is 8.76. The lowest BCUT2D eigenvalue weighted by molar-refractivity contribution is 0.384. The van der Waals surface area contributed by atoms with Gasteiger partial charge in [-0.1, -0.05) is 29.3 Å². The smallest absolute Gasteiger partial charge is 0.243 e. The van der Waals surface area contributed by atoms with E-state index < -0.39 is 15.8 Å². The molecule has 152 valence electrons. The number of benzene rings is 2. The molecule has 0 N–H and O–H groups in total. The number of rotatable bonds is 4. The van der Waals surface area contributed by atoms with Gasteiger partial charge in [-0.25, -0.2) is 17.8 Å². The molecule has 3 aromatic rings. The fraction of sp³-hybridized carbons (Fsp3) is 0.211. The van der Waals surface area contributed by atoms with Crippen molar-refractivity contribution in [2.45, 2.75) is 4.90 Å². The van der Waals surface area contributed by atoms with Gasteiger partial charge < -0.3 is 4.90 Å². The third kappa shape index (κ3) is 4.27. The van der Waals surface area contributed by atoms with Crippen LogP contribution in [0.15, 0.2) is 52.7 Å². The molecule has 1 aliphatic heterocycles. The summed E-state index contributed by atoms with van der Waals surface area (Å²) in [4.78, 5) is 6.82. The zero-order chi connectivity index (χ0) is 20.6. The summed E-state index contributed by atoms with van der Waals surface area (Å²) in [7, 11) is -3.64. The average Bonchev–Trinajstić information content (AvgIpc) is 3.21. The molecule has 1 saturated heterocycles. The molecular weight excluding hydrogens is 456 g/mol. The van der Waals surface area contributed by atoms with Crippen molar-refractivity contribution in [2.75, 3.05) is 31.1 Å². The number of halogens is 3. The molecule has 4 rings (SSSR count). The van der Waals surface area contributed by atoms with Crippen LogP contribution in [-0.2, 0) is 10.0 Å². The maximum atomic E-state index is 13.1. The Morgan fingerprint density at radius 1 is 0.966 bits per heavy atom. The third-order valence-electron chi connectivity index (χ3n) is 4.67. The number of sulfonamides is 1. The lowest BCUT2D eigenvalue weighted by atomic mass is 10.2. The Labute approximate surface area is 182 Å². The molecule has 0 unspecified atom stereocenters. The van der Waals surface area contributed by atoms with Crippen LogP contribution in [0.25, 0.3) is 11.3 Å². The first-order chi connectivity index (χ1) is 13.8. The van der Waals surface area contributed by atoms with E-state index in [1.807, 2.05) is 11.4 Å². The van der Waals surface area contributed by atoms with Crippen LogP contribution in [0, 0.1) is 5.82 Å². The maximum absolute atomic E-state index is 13.1. The van der Waals surface area contributed by atoms with Gasteiger partial charge in [-0.15, -0.1) is 11.3 Å². The Hall–Kier alpha value is -1.71. The number of thiazole rings is 1. The van der Waals surface area contributed by atoms with Gasteiger partial charge in [-0.2, -0.15) is 4.31 Å². The highest BCUT2D eigenvalue weighted by molar-refractivity contribution is 7.89. The van der Waals surface area contributed by atoms with Crippen molar-refractivity contribution >= 4 is 49.7 Å². The largest absolute Gasteiger partial charge is 0.345 e. The van der Waals surface area contributed by atoms with E-state index in [0.717, 1.165) is 28.5 Å². The maximum Gasteiger partial charge on any atom is 0.243 e. The van der Waals surface area contributed by atoms with Crippen molar-refractivity contribution in [3.63, 3.8) is 0 Å². The van der Waals surface area contributed by atoms with Crippen molar-refractivity contribution in [2.24, 2.45) is 0 Å². The minimum Gasteiger partial charge on any atom is -0.345 e. The van der Waals surface area contributed by atoms with Gasteiger partial charge in [0.1, 0.15) is 5.82 Å². The Kier molecular flexibility index (Phi) is 5.81. The van der Waals surface area contributed by atoms with E-state index in [-0.39, 0.29) is 4.90 Å².